The Morgan fingerprint density at radius 1 is 1.22 bits per heavy atom. The van der Waals surface area contributed by atoms with Crippen LogP contribution in [-0.4, -0.2) is 43.3 Å². The summed E-state index contributed by atoms with van der Waals surface area (Å²) in [7, 11) is 2.96. The molecule has 0 saturated heterocycles. The number of carbonyl (C=O) groups is 1. The topological polar surface area (TPSA) is 85.4 Å². The molecule has 1 aromatic heterocycles. The number of aromatic nitrogens is 2. The van der Waals surface area contributed by atoms with Crippen LogP contribution in [0, 0.1) is 0 Å². The van der Waals surface area contributed by atoms with Crippen LogP contribution in [0.1, 0.15) is 10.4 Å². The molecule has 0 aliphatic heterocycles. The Bertz CT molecular complexity index is 682. The fourth-order valence-corrected chi connectivity index (χ4v) is 1.97. The van der Waals surface area contributed by atoms with Crippen molar-refractivity contribution in [3.63, 3.8) is 0 Å². The van der Waals surface area contributed by atoms with E-state index in [1.807, 2.05) is 0 Å². The predicted molar refractivity (Wildman–Crippen MR) is 88.5 cm³/mol. The fraction of sp³-hybridized carbons (Fsp3) is 0.267. The molecule has 0 aliphatic carbocycles. The number of carbonyl (C=O) groups excluding carboxylic acids is 1. The smallest absolute Gasteiger partial charge is 0.337 e. The first kappa shape index (κ1) is 17.0. The summed E-state index contributed by atoms with van der Waals surface area (Å²) in [6.45, 7) is 1.20. The normalized spacial score (nSPS) is 10.2. The molecule has 0 atom stereocenters. The van der Waals surface area contributed by atoms with Crippen LogP contribution in [-0.2, 0) is 9.47 Å². The lowest BCUT2D eigenvalue weighted by molar-refractivity contribution is 0.0601. The number of esters is 1. The largest absolute Gasteiger partial charge is 0.465 e. The van der Waals surface area contributed by atoms with Crippen LogP contribution >= 0.6 is 11.6 Å². The van der Waals surface area contributed by atoms with E-state index in [-0.39, 0.29) is 0 Å². The monoisotopic (exact) mass is 336 g/mol. The molecule has 2 rings (SSSR count). The first-order chi connectivity index (χ1) is 11.1. The molecule has 0 radical (unpaired) electrons. The zero-order chi connectivity index (χ0) is 16.7. The fourth-order valence-electron chi connectivity index (χ4n) is 1.81. The Balaban J connectivity index is 2.15. The van der Waals surface area contributed by atoms with Crippen LogP contribution in [0.2, 0.25) is 5.02 Å². The molecule has 0 saturated carbocycles. The standard InChI is InChI=1S/C15H17ClN4O3/c1-22-6-5-17-13-8-14(19-9-18-13)20-12-7-10(15(21)23-2)3-4-11(12)16/h3-4,7-9H,5-6H2,1-2H3,(H2,17,18,19,20). The third-order valence-electron chi connectivity index (χ3n) is 2.93. The van der Waals surface area contributed by atoms with Crippen molar-refractivity contribution in [1.82, 2.24) is 9.97 Å². The predicted octanol–water partition coefficient (Wildman–Crippen LogP) is 2.72. The summed E-state index contributed by atoms with van der Waals surface area (Å²) in [6.07, 6.45) is 1.43. The minimum Gasteiger partial charge on any atom is -0.465 e. The van der Waals surface area contributed by atoms with E-state index in [1.165, 1.54) is 13.4 Å². The maximum atomic E-state index is 11.6. The SMILES string of the molecule is COCCNc1cc(Nc2cc(C(=O)OC)ccc2Cl)ncn1. The summed E-state index contributed by atoms with van der Waals surface area (Å²) in [6, 6.07) is 6.55. The Hall–Kier alpha value is -2.38. The maximum absolute atomic E-state index is 11.6. The van der Waals surface area contributed by atoms with Gasteiger partial charge in [-0.1, -0.05) is 11.6 Å². The van der Waals surface area contributed by atoms with E-state index in [9.17, 15) is 4.79 Å². The van der Waals surface area contributed by atoms with Crippen LogP contribution in [0.5, 0.6) is 0 Å². The highest BCUT2D eigenvalue weighted by Gasteiger charge is 2.10. The van der Waals surface area contributed by atoms with Crippen molar-refractivity contribution in [2.75, 3.05) is 38.0 Å². The molecule has 23 heavy (non-hydrogen) atoms. The Morgan fingerprint density at radius 3 is 2.74 bits per heavy atom. The third kappa shape index (κ3) is 4.80. The van der Waals surface area contributed by atoms with Crippen molar-refractivity contribution in [2.24, 2.45) is 0 Å². The number of nitrogens with zero attached hydrogens (tertiary/aromatic N) is 2. The molecule has 1 heterocycles. The summed E-state index contributed by atoms with van der Waals surface area (Å²) < 4.78 is 9.67. The van der Waals surface area contributed by atoms with Crippen LogP contribution < -0.4 is 10.6 Å². The first-order valence-corrected chi connectivity index (χ1v) is 7.21. The quantitative estimate of drug-likeness (QED) is 0.594. The molecule has 1 aromatic carbocycles. The van der Waals surface area contributed by atoms with Crippen molar-refractivity contribution in [1.29, 1.82) is 0 Å². The van der Waals surface area contributed by atoms with Crippen LogP contribution in [0.15, 0.2) is 30.6 Å². The molecular formula is C15H17ClN4O3. The van der Waals surface area contributed by atoms with Gasteiger partial charge in [0, 0.05) is 19.7 Å². The molecule has 8 heteroatoms. The number of ether oxygens (including phenoxy) is 2. The number of benzene rings is 1. The summed E-state index contributed by atoms with van der Waals surface area (Å²) in [5, 5.41) is 6.63. The van der Waals surface area contributed by atoms with Gasteiger partial charge in [-0.15, -0.1) is 0 Å². The lowest BCUT2D eigenvalue weighted by atomic mass is 10.2. The third-order valence-corrected chi connectivity index (χ3v) is 3.26. The molecule has 2 N–H and O–H groups in total. The maximum Gasteiger partial charge on any atom is 0.337 e. The summed E-state index contributed by atoms with van der Waals surface area (Å²) in [4.78, 5) is 19.8. The Morgan fingerprint density at radius 2 is 2.00 bits per heavy atom. The average molecular weight is 337 g/mol. The molecule has 0 amide bonds. The van der Waals surface area contributed by atoms with Crippen molar-refractivity contribution >= 4 is 34.9 Å². The Kier molecular flexibility index (Phi) is 6.13. The molecule has 0 unspecified atom stereocenters. The Labute approximate surface area is 139 Å². The second-order valence-electron chi connectivity index (χ2n) is 4.52. The van der Waals surface area contributed by atoms with Crippen LogP contribution in [0.3, 0.4) is 0 Å². The van der Waals surface area contributed by atoms with Gasteiger partial charge in [-0.2, -0.15) is 0 Å². The van der Waals surface area contributed by atoms with E-state index in [0.717, 1.165) is 0 Å². The van der Waals surface area contributed by atoms with Crippen molar-refractivity contribution < 1.29 is 14.3 Å². The van der Waals surface area contributed by atoms with Crippen molar-refractivity contribution in [3.8, 4) is 0 Å². The van der Waals surface area contributed by atoms with Crippen molar-refractivity contribution in [2.45, 2.75) is 0 Å². The van der Waals surface area contributed by atoms with Crippen LogP contribution in [0.25, 0.3) is 0 Å². The molecule has 0 spiro atoms. The number of anilines is 3. The minimum atomic E-state index is -0.436. The van der Waals surface area contributed by atoms with Gasteiger partial charge in [0.05, 0.1) is 30.0 Å². The van der Waals surface area contributed by atoms with Gasteiger partial charge in [-0.05, 0) is 18.2 Å². The van der Waals surface area contributed by atoms with Gasteiger partial charge in [0.1, 0.15) is 18.0 Å². The first-order valence-electron chi connectivity index (χ1n) is 6.83. The van der Waals surface area contributed by atoms with Gasteiger partial charge in [-0.3, -0.25) is 0 Å². The van der Waals surface area contributed by atoms with E-state index < -0.39 is 5.97 Å². The zero-order valence-electron chi connectivity index (χ0n) is 12.8. The van der Waals surface area contributed by atoms with E-state index in [1.54, 1.807) is 31.4 Å². The highest BCUT2D eigenvalue weighted by molar-refractivity contribution is 6.33. The van der Waals surface area contributed by atoms with Gasteiger partial charge in [0.2, 0.25) is 0 Å². The van der Waals surface area contributed by atoms with E-state index in [4.69, 9.17) is 21.1 Å². The summed E-state index contributed by atoms with van der Waals surface area (Å²) in [5.41, 5.74) is 0.947. The average Bonchev–Trinajstić information content (AvgIpc) is 2.57. The van der Waals surface area contributed by atoms with Gasteiger partial charge in [0.25, 0.3) is 0 Å². The van der Waals surface area contributed by atoms with E-state index in [2.05, 4.69) is 20.6 Å². The zero-order valence-corrected chi connectivity index (χ0v) is 13.6. The number of methoxy groups -OCH3 is 2. The molecule has 122 valence electrons. The molecule has 0 fully saturated rings. The molecule has 7 nitrogen and oxygen atoms in total. The molecule has 2 aromatic rings. The molecule has 0 aliphatic rings. The minimum absolute atomic E-state index is 0.395. The summed E-state index contributed by atoms with van der Waals surface area (Å²) in [5.74, 6) is 0.762. The van der Waals surface area contributed by atoms with Gasteiger partial charge >= 0.3 is 5.97 Å². The highest BCUT2D eigenvalue weighted by atomic mass is 35.5. The number of hydrogen-bond acceptors (Lipinski definition) is 7. The lowest BCUT2D eigenvalue weighted by Gasteiger charge is -2.10. The number of rotatable bonds is 7. The molecule has 0 bridgehead atoms. The second-order valence-corrected chi connectivity index (χ2v) is 4.93. The number of hydrogen-bond donors (Lipinski definition) is 2. The van der Waals surface area contributed by atoms with Crippen LogP contribution in [0.4, 0.5) is 17.3 Å². The number of halogens is 1. The molecular weight excluding hydrogens is 320 g/mol. The van der Waals surface area contributed by atoms with E-state index >= 15 is 0 Å². The summed E-state index contributed by atoms with van der Waals surface area (Å²) >= 11 is 6.15. The van der Waals surface area contributed by atoms with Gasteiger partial charge < -0.3 is 20.1 Å². The highest BCUT2D eigenvalue weighted by Crippen LogP contribution is 2.26. The second kappa shape index (κ2) is 8.30. The number of nitrogens with one attached hydrogen (secondary N) is 2. The van der Waals surface area contributed by atoms with Crippen molar-refractivity contribution in [3.05, 3.63) is 41.2 Å². The van der Waals surface area contributed by atoms with Gasteiger partial charge in [-0.25, -0.2) is 14.8 Å². The lowest BCUT2D eigenvalue weighted by Crippen LogP contribution is -2.09. The van der Waals surface area contributed by atoms with E-state index in [0.29, 0.717) is 41.1 Å². The van der Waals surface area contributed by atoms with Gasteiger partial charge in [0.15, 0.2) is 0 Å².